The van der Waals surface area contributed by atoms with Crippen LogP contribution in [0.5, 0.6) is 5.75 Å². The summed E-state index contributed by atoms with van der Waals surface area (Å²) in [4.78, 5) is 12.0. The Bertz CT molecular complexity index is 460. The second kappa shape index (κ2) is 9.21. The molecule has 0 N–H and O–H groups in total. The lowest BCUT2D eigenvalue weighted by atomic mass is 10.2. The van der Waals surface area contributed by atoms with Crippen molar-refractivity contribution in [2.75, 3.05) is 6.61 Å². The zero-order valence-corrected chi connectivity index (χ0v) is 11.6. The molecule has 0 bridgehead atoms. The molecule has 0 amide bonds. The summed E-state index contributed by atoms with van der Waals surface area (Å²) in [6.07, 6.45) is 7.42. The molecule has 1 aromatic heterocycles. The molecule has 0 fully saturated rings. The van der Waals surface area contributed by atoms with Gasteiger partial charge >= 0.3 is 0 Å². The van der Waals surface area contributed by atoms with Crippen LogP contribution in [0.4, 0.5) is 0 Å². The summed E-state index contributed by atoms with van der Waals surface area (Å²) in [5, 5.41) is 8.49. The van der Waals surface area contributed by atoms with Crippen LogP contribution in [-0.4, -0.2) is 11.2 Å². The van der Waals surface area contributed by atoms with Crippen LogP contribution in [0.25, 0.3) is 0 Å². The Kier molecular flexibility index (Phi) is 7.41. The van der Waals surface area contributed by atoms with Gasteiger partial charge in [-0.25, -0.2) is 0 Å². The van der Waals surface area contributed by atoms with Crippen molar-refractivity contribution in [2.45, 2.75) is 52.0 Å². The van der Waals surface area contributed by atoms with Gasteiger partial charge in [-0.2, -0.15) is 5.26 Å². The van der Waals surface area contributed by atoms with Crippen molar-refractivity contribution in [3.8, 4) is 11.8 Å². The maximum Gasteiger partial charge on any atom is 0.292 e. The lowest BCUT2D eigenvalue weighted by Gasteiger charge is -2.08. The Morgan fingerprint density at radius 2 is 2.16 bits per heavy atom. The van der Waals surface area contributed by atoms with E-state index in [0.717, 1.165) is 12.8 Å². The highest BCUT2D eigenvalue weighted by molar-refractivity contribution is 5.17. The fourth-order valence-electron chi connectivity index (χ4n) is 1.84. The lowest BCUT2D eigenvalue weighted by molar-refractivity contribution is 0.298. The summed E-state index contributed by atoms with van der Waals surface area (Å²) in [5.74, 6) is 0.413. The highest BCUT2D eigenvalue weighted by Crippen LogP contribution is 2.05. The summed E-state index contributed by atoms with van der Waals surface area (Å²) in [6.45, 7) is 3.33. The van der Waals surface area contributed by atoms with Gasteiger partial charge in [0.2, 0.25) is 0 Å². The van der Waals surface area contributed by atoms with Crippen LogP contribution < -0.4 is 10.3 Å². The number of nitriles is 1. The van der Waals surface area contributed by atoms with Crippen LogP contribution in [-0.2, 0) is 6.54 Å². The van der Waals surface area contributed by atoms with E-state index in [0.29, 0.717) is 31.7 Å². The third-order valence-corrected chi connectivity index (χ3v) is 2.93. The van der Waals surface area contributed by atoms with Crippen molar-refractivity contribution in [3.05, 3.63) is 28.7 Å². The summed E-state index contributed by atoms with van der Waals surface area (Å²) >= 11 is 0. The molecule has 0 radical (unpaired) electrons. The highest BCUT2D eigenvalue weighted by Gasteiger charge is 2.03. The lowest BCUT2D eigenvalue weighted by Crippen LogP contribution is -2.21. The SMILES string of the molecule is CCCCCCOc1cccn(CCCC#N)c1=O. The summed E-state index contributed by atoms with van der Waals surface area (Å²) in [6, 6.07) is 5.61. The molecule has 0 atom stereocenters. The first kappa shape index (κ1) is 15.3. The largest absolute Gasteiger partial charge is 0.488 e. The van der Waals surface area contributed by atoms with Gasteiger partial charge in [-0.3, -0.25) is 4.79 Å². The highest BCUT2D eigenvalue weighted by atomic mass is 16.5. The molecular formula is C15H22N2O2. The first-order valence-corrected chi connectivity index (χ1v) is 6.98. The zero-order valence-electron chi connectivity index (χ0n) is 11.6. The van der Waals surface area contributed by atoms with E-state index in [4.69, 9.17) is 10.00 Å². The minimum absolute atomic E-state index is 0.101. The van der Waals surface area contributed by atoms with Crippen LogP contribution in [0, 0.1) is 11.3 Å². The minimum Gasteiger partial charge on any atom is -0.488 e. The topological polar surface area (TPSA) is 55.0 Å². The van der Waals surface area contributed by atoms with E-state index in [9.17, 15) is 4.79 Å². The molecule has 104 valence electrons. The molecule has 1 heterocycles. The second-order valence-electron chi connectivity index (χ2n) is 4.54. The van der Waals surface area contributed by atoms with Crippen LogP contribution in [0.3, 0.4) is 0 Å². The Morgan fingerprint density at radius 3 is 2.89 bits per heavy atom. The fraction of sp³-hybridized carbons (Fsp3) is 0.600. The molecule has 0 saturated heterocycles. The molecule has 1 aromatic rings. The number of aryl methyl sites for hydroxylation is 1. The van der Waals surface area contributed by atoms with E-state index in [1.54, 1.807) is 16.8 Å². The average molecular weight is 262 g/mol. The molecular weight excluding hydrogens is 240 g/mol. The van der Waals surface area contributed by atoms with E-state index >= 15 is 0 Å². The number of pyridine rings is 1. The van der Waals surface area contributed by atoms with Gasteiger partial charge in [0.1, 0.15) is 0 Å². The molecule has 0 saturated carbocycles. The number of nitrogens with zero attached hydrogens (tertiary/aromatic N) is 2. The molecule has 0 aliphatic carbocycles. The summed E-state index contributed by atoms with van der Waals surface area (Å²) in [5.41, 5.74) is -0.101. The standard InChI is InChI=1S/C15H22N2O2/c1-2-3-4-7-13-19-14-9-8-12-17(15(14)18)11-6-5-10-16/h8-9,12H,2-7,11,13H2,1H3. The van der Waals surface area contributed by atoms with Crippen LogP contribution in [0.15, 0.2) is 23.1 Å². The molecule has 4 nitrogen and oxygen atoms in total. The number of rotatable bonds is 9. The van der Waals surface area contributed by atoms with Gasteiger partial charge in [0.15, 0.2) is 5.75 Å². The minimum atomic E-state index is -0.101. The first-order valence-electron chi connectivity index (χ1n) is 6.98. The molecule has 0 aliphatic rings. The van der Waals surface area contributed by atoms with Gasteiger partial charge in [0.25, 0.3) is 5.56 Å². The Hall–Kier alpha value is -1.76. The van der Waals surface area contributed by atoms with Gasteiger partial charge in [0, 0.05) is 19.2 Å². The number of hydrogen-bond donors (Lipinski definition) is 0. The first-order chi connectivity index (χ1) is 9.29. The van der Waals surface area contributed by atoms with Crippen LogP contribution in [0.1, 0.15) is 45.4 Å². The van der Waals surface area contributed by atoms with Crippen LogP contribution >= 0.6 is 0 Å². The van der Waals surface area contributed by atoms with E-state index in [-0.39, 0.29) is 5.56 Å². The maximum atomic E-state index is 12.0. The quantitative estimate of drug-likeness (QED) is 0.642. The maximum absolute atomic E-state index is 12.0. The van der Waals surface area contributed by atoms with Gasteiger partial charge < -0.3 is 9.30 Å². The number of hydrogen-bond acceptors (Lipinski definition) is 3. The monoisotopic (exact) mass is 262 g/mol. The Balaban J connectivity index is 2.48. The van der Waals surface area contributed by atoms with E-state index < -0.39 is 0 Å². The molecule has 19 heavy (non-hydrogen) atoms. The summed E-state index contributed by atoms with van der Waals surface area (Å²) in [7, 11) is 0. The van der Waals surface area contributed by atoms with Gasteiger partial charge in [-0.1, -0.05) is 26.2 Å². The van der Waals surface area contributed by atoms with Crippen molar-refractivity contribution < 1.29 is 4.74 Å². The van der Waals surface area contributed by atoms with Crippen molar-refractivity contribution >= 4 is 0 Å². The molecule has 0 unspecified atom stereocenters. The predicted molar refractivity (Wildman–Crippen MR) is 75.2 cm³/mol. The Labute approximate surface area is 114 Å². The zero-order chi connectivity index (χ0) is 13.9. The number of unbranched alkanes of at least 4 members (excludes halogenated alkanes) is 4. The average Bonchev–Trinajstić information content (AvgIpc) is 2.42. The fourth-order valence-corrected chi connectivity index (χ4v) is 1.84. The number of ether oxygens (including phenoxy) is 1. The molecule has 0 aliphatic heterocycles. The predicted octanol–water partition coefficient (Wildman–Crippen LogP) is 3.11. The van der Waals surface area contributed by atoms with Crippen molar-refractivity contribution in [3.63, 3.8) is 0 Å². The van der Waals surface area contributed by atoms with Gasteiger partial charge in [-0.15, -0.1) is 0 Å². The molecule has 0 aromatic carbocycles. The third kappa shape index (κ3) is 5.60. The molecule has 1 rings (SSSR count). The molecule has 0 spiro atoms. The van der Waals surface area contributed by atoms with Gasteiger partial charge in [0.05, 0.1) is 12.7 Å². The van der Waals surface area contributed by atoms with Crippen molar-refractivity contribution in [1.29, 1.82) is 5.26 Å². The van der Waals surface area contributed by atoms with E-state index in [1.807, 2.05) is 6.07 Å². The smallest absolute Gasteiger partial charge is 0.292 e. The van der Waals surface area contributed by atoms with Gasteiger partial charge in [-0.05, 0) is 25.0 Å². The van der Waals surface area contributed by atoms with Crippen molar-refractivity contribution in [2.24, 2.45) is 0 Å². The number of aromatic nitrogens is 1. The van der Waals surface area contributed by atoms with Crippen molar-refractivity contribution in [1.82, 2.24) is 4.57 Å². The third-order valence-electron chi connectivity index (χ3n) is 2.93. The van der Waals surface area contributed by atoms with E-state index in [1.165, 1.54) is 12.8 Å². The van der Waals surface area contributed by atoms with E-state index in [2.05, 4.69) is 13.0 Å². The van der Waals surface area contributed by atoms with Crippen LogP contribution in [0.2, 0.25) is 0 Å². The Morgan fingerprint density at radius 1 is 1.32 bits per heavy atom. The second-order valence-corrected chi connectivity index (χ2v) is 4.54. The summed E-state index contributed by atoms with van der Waals surface area (Å²) < 4.78 is 7.14. The molecule has 4 heteroatoms. The normalized spacial score (nSPS) is 10.1.